The van der Waals surface area contributed by atoms with E-state index < -0.39 is 36.9 Å². The summed E-state index contributed by atoms with van der Waals surface area (Å²) in [7, 11) is 0. The Morgan fingerprint density at radius 2 is 1.00 bits per heavy atom. The number of carbonyl (C=O) groups is 2. The summed E-state index contributed by atoms with van der Waals surface area (Å²) in [5.41, 5.74) is -1.40. The number of esters is 2. The van der Waals surface area contributed by atoms with E-state index in [2.05, 4.69) is 0 Å². The van der Waals surface area contributed by atoms with Gasteiger partial charge in [-0.1, -0.05) is 46.4 Å². The summed E-state index contributed by atoms with van der Waals surface area (Å²) in [6.45, 7) is 10.2. The molecule has 0 fully saturated rings. The van der Waals surface area contributed by atoms with Gasteiger partial charge in [-0.25, -0.2) is 0 Å². The topological polar surface area (TPSA) is 52.6 Å². The summed E-state index contributed by atoms with van der Waals surface area (Å²) in [6, 6.07) is 2.86. The van der Waals surface area contributed by atoms with E-state index in [9.17, 15) is 9.59 Å². The molecular weight excluding hydrogens is 529 g/mol. The van der Waals surface area contributed by atoms with Gasteiger partial charge in [0.05, 0.1) is 20.9 Å². The van der Waals surface area contributed by atoms with Gasteiger partial charge in [0.25, 0.3) is 0 Å². The molecule has 1 aromatic rings. The van der Waals surface area contributed by atoms with Crippen LogP contribution < -0.4 is 9.47 Å². The van der Waals surface area contributed by atoms with Crippen molar-refractivity contribution in [1.29, 1.82) is 0 Å². The van der Waals surface area contributed by atoms with Gasteiger partial charge in [0, 0.05) is 11.1 Å². The molecule has 0 saturated carbocycles. The molecule has 0 spiro atoms. The highest BCUT2D eigenvalue weighted by Gasteiger charge is 2.79. The summed E-state index contributed by atoms with van der Waals surface area (Å²) in [4.78, 5) is 21.5. The Morgan fingerprint density at radius 3 is 1.26 bits per heavy atom. The van der Waals surface area contributed by atoms with E-state index in [1.165, 1.54) is 12.1 Å². The molecule has 1 aromatic carbocycles. The summed E-state index contributed by atoms with van der Waals surface area (Å²) in [6.07, 6.45) is 0. The third kappa shape index (κ3) is 3.32. The fraction of sp³-hybridized carbons (Fsp3) is 0.524. The highest BCUT2D eigenvalue weighted by molar-refractivity contribution is 6.65. The van der Waals surface area contributed by atoms with E-state index in [0.29, 0.717) is 0 Å². The molecule has 0 heterocycles. The van der Waals surface area contributed by atoms with Gasteiger partial charge in [0.2, 0.25) is 0 Å². The third-order valence-corrected chi connectivity index (χ3v) is 9.19. The van der Waals surface area contributed by atoms with E-state index >= 15 is 0 Å². The largest absolute Gasteiger partial charge is 0.426 e. The maximum absolute atomic E-state index is 12.6. The van der Waals surface area contributed by atoms with E-state index in [-0.39, 0.29) is 32.7 Å². The molecule has 3 rings (SSSR count). The molecule has 0 aromatic heterocycles. The highest BCUT2D eigenvalue weighted by Crippen LogP contribution is 2.79. The van der Waals surface area contributed by atoms with Gasteiger partial charge in [-0.2, -0.15) is 0 Å². The molecule has 0 aliphatic heterocycles. The molecule has 170 valence electrons. The fourth-order valence-corrected chi connectivity index (χ4v) is 5.97. The lowest BCUT2D eigenvalue weighted by Gasteiger charge is -2.31. The Labute approximate surface area is 211 Å². The molecule has 31 heavy (non-hydrogen) atoms. The van der Waals surface area contributed by atoms with Crippen molar-refractivity contribution in [3.63, 3.8) is 0 Å². The highest BCUT2D eigenvalue weighted by atomic mass is 35.5. The molecule has 10 heteroatoms. The SMILES string of the molecule is CC(C)(C)C(=O)Oc1ccc(OC(=O)C(C)(C)C)c2c1C1(Cl)C(Cl)=C(Cl)C2(Cl)C1(Cl)Cl. The number of hydrogen-bond acceptors (Lipinski definition) is 4. The lowest BCUT2D eigenvalue weighted by atomic mass is 9.92. The quantitative estimate of drug-likeness (QED) is 0.220. The number of allylic oxidation sites excluding steroid dienone is 2. The molecule has 2 unspecified atom stereocenters. The number of hydrogen-bond donors (Lipinski definition) is 0. The number of halogens is 6. The average Bonchev–Trinajstić information content (AvgIpc) is 2.83. The summed E-state index contributed by atoms with van der Waals surface area (Å²) < 4.78 is 9.27. The Bertz CT molecular complexity index is 955. The molecule has 4 nitrogen and oxygen atoms in total. The van der Waals surface area contributed by atoms with Crippen LogP contribution in [0.3, 0.4) is 0 Å². The minimum absolute atomic E-state index is 0.0380. The zero-order chi connectivity index (χ0) is 23.9. The van der Waals surface area contributed by atoms with Gasteiger partial charge in [-0.05, 0) is 53.7 Å². The van der Waals surface area contributed by atoms with Crippen molar-refractivity contribution >= 4 is 81.5 Å². The average molecular weight is 549 g/mol. The molecule has 0 saturated heterocycles. The van der Waals surface area contributed by atoms with Crippen LogP contribution in [0, 0.1) is 10.8 Å². The van der Waals surface area contributed by atoms with Crippen molar-refractivity contribution in [1.82, 2.24) is 0 Å². The second kappa shape index (κ2) is 7.32. The lowest BCUT2D eigenvalue weighted by molar-refractivity contribution is -0.144. The Kier molecular flexibility index (Phi) is 5.96. The van der Waals surface area contributed by atoms with E-state index in [4.69, 9.17) is 79.1 Å². The first-order valence-electron chi connectivity index (χ1n) is 9.27. The third-order valence-electron chi connectivity index (χ3n) is 5.11. The van der Waals surface area contributed by atoms with Crippen molar-refractivity contribution in [3.8, 4) is 11.5 Å². The Hall–Kier alpha value is -0.360. The second-order valence-electron chi connectivity index (χ2n) is 9.61. The lowest BCUT2D eigenvalue weighted by Crippen LogP contribution is -2.39. The summed E-state index contributed by atoms with van der Waals surface area (Å²) in [5.74, 6) is -1.00. The standard InChI is InChI=1S/C21H20Cl6O4/c1-17(2,3)15(28)30-9-7-8-10(31-16(29)18(4,5)6)12-11(9)19(24)13(22)14(23)20(12,25)21(19,26)27/h7-8H,1-6H3. The monoisotopic (exact) mass is 546 g/mol. The molecule has 2 bridgehead atoms. The van der Waals surface area contributed by atoms with Gasteiger partial charge in [-0.3, -0.25) is 9.59 Å². The van der Waals surface area contributed by atoms with Crippen molar-refractivity contribution in [2.24, 2.45) is 10.8 Å². The number of rotatable bonds is 2. The first kappa shape index (κ1) is 25.3. The Balaban J connectivity index is 2.31. The molecule has 0 radical (unpaired) electrons. The zero-order valence-corrected chi connectivity index (χ0v) is 22.1. The van der Waals surface area contributed by atoms with Crippen LogP contribution >= 0.6 is 69.6 Å². The van der Waals surface area contributed by atoms with E-state index in [1.807, 2.05) is 0 Å². The number of fused-ring (bicyclic) bond motifs is 5. The van der Waals surface area contributed by atoms with Crippen LogP contribution in [0.4, 0.5) is 0 Å². The van der Waals surface area contributed by atoms with Crippen LogP contribution in [0.25, 0.3) is 0 Å². The minimum atomic E-state index is -1.98. The van der Waals surface area contributed by atoms with E-state index in [0.717, 1.165) is 0 Å². The van der Waals surface area contributed by atoms with Crippen LogP contribution in [0.5, 0.6) is 11.5 Å². The van der Waals surface area contributed by atoms with Crippen molar-refractivity contribution in [2.45, 2.75) is 55.6 Å². The smallest absolute Gasteiger partial charge is 0.316 e. The number of alkyl halides is 4. The molecule has 2 atom stereocenters. The van der Waals surface area contributed by atoms with Gasteiger partial charge >= 0.3 is 11.9 Å². The van der Waals surface area contributed by atoms with Gasteiger partial charge < -0.3 is 9.47 Å². The Morgan fingerprint density at radius 1 is 0.710 bits per heavy atom. The van der Waals surface area contributed by atoms with Gasteiger partial charge in [0.15, 0.2) is 4.33 Å². The number of carbonyl (C=O) groups excluding carboxylic acids is 2. The second-order valence-corrected chi connectivity index (χ2v) is 12.8. The summed E-state index contributed by atoms with van der Waals surface area (Å²) in [5, 5.41) is -0.202. The van der Waals surface area contributed by atoms with Crippen LogP contribution in [0.15, 0.2) is 22.2 Å². The first-order valence-corrected chi connectivity index (χ1v) is 11.5. The summed E-state index contributed by atoms with van der Waals surface area (Å²) >= 11 is 40.0. The van der Waals surface area contributed by atoms with Crippen LogP contribution in [0.1, 0.15) is 52.7 Å². The fourth-order valence-electron chi connectivity index (χ4n) is 3.27. The molecular formula is C21H20Cl6O4. The maximum Gasteiger partial charge on any atom is 0.316 e. The van der Waals surface area contributed by atoms with Crippen LogP contribution in [0.2, 0.25) is 0 Å². The van der Waals surface area contributed by atoms with Crippen LogP contribution in [-0.2, 0) is 19.3 Å². The van der Waals surface area contributed by atoms with Crippen molar-refractivity contribution < 1.29 is 19.1 Å². The van der Waals surface area contributed by atoms with Gasteiger partial charge in [-0.15, -0.1) is 23.2 Å². The predicted molar refractivity (Wildman–Crippen MR) is 125 cm³/mol. The minimum Gasteiger partial charge on any atom is -0.426 e. The van der Waals surface area contributed by atoms with Crippen molar-refractivity contribution in [2.75, 3.05) is 0 Å². The van der Waals surface area contributed by atoms with E-state index in [1.54, 1.807) is 41.5 Å². The maximum atomic E-state index is 12.6. The molecule has 2 aliphatic carbocycles. The molecule has 0 amide bonds. The number of benzene rings is 1. The molecule has 2 aliphatic rings. The van der Waals surface area contributed by atoms with Crippen LogP contribution in [-0.4, -0.2) is 16.3 Å². The zero-order valence-electron chi connectivity index (χ0n) is 17.6. The predicted octanol–water partition coefficient (Wildman–Crippen LogP) is 7.35. The number of ether oxygens (including phenoxy) is 2. The van der Waals surface area contributed by atoms with Gasteiger partial charge in [0.1, 0.15) is 21.2 Å². The first-order chi connectivity index (χ1) is 13.8. The normalized spacial score (nSPS) is 26.7. The van der Waals surface area contributed by atoms with Crippen molar-refractivity contribution in [3.05, 3.63) is 33.3 Å². The molecule has 0 N–H and O–H groups in total.